The molecule has 3 rings (SSSR count). The molecule has 0 spiro atoms. The number of ether oxygens (including phenoxy) is 1. The lowest BCUT2D eigenvalue weighted by atomic mass is 10.1. The van der Waals surface area contributed by atoms with Gasteiger partial charge in [0.05, 0.1) is 13.2 Å². The maximum Gasteiger partial charge on any atom is 0.307 e. The molecule has 0 aliphatic carbocycles. The van der Waals surface area contributed by atoms with Gasteiger partial charge in [-0.1, -0.05) is 17.4 Å². The Hall–Kier alpha value is -2.45. The second kappa shape index (κ2) is 7.62. The summed E-state index contributed by atoms with van der Waals surface area (Å²) in [5, 5.41) is 4.46. The second-order valence-electron chi connectivity index (χ2n) is 5.76. The zero-order chi connectivity index (χ0) is 17.8. The van der Waals surface area contributed by atoms with E-state index >= 15 is 0 Å². The predicted octanol–water partition coefficient (Wildman–Crippen LogP) is 1.33. The topological polar surface area (TPSA) is 80.6 Å². The Kier molecular flexibility index (Phi) is 5.30. The molecule has 1 aromatic carbocycles. The lowest BCUT2D eigenvalue weighted by Crippen LogP contribution is -2.40. The molecular weight excluding hydrogens is 342 g/mol. The summed E-state index contributed by atoms with van der Waals surface area (Å²) >= 11 is 1.07. The average molecular weight is 361 g/mol. The minimum Gasteiger partial charge on any atom is -0.378 e. The first-order valence-electron chi connectivity index (χ1n) is 7.96. The molecule has 2 heterocycles. The summed E-state index contributed by atoms with van der Waals surface area (Å²) in [6.45, 7) is 3.95. The molecule has 25 heavy (non-hydrogen) atoms. The molecule has 2 amide bonds. The zero-order valence-electron chi connectivity index (χ0n) is 13.9. The number of thiazole rings is 1. The molecule has 0 atom stereocenters. The number of benzene rings is 1. The Morgan fingerprint density at radius 1 is 1.28 bits per heavy atom. The molecule has 1 aliphatic heterocycles. The van der Waals surface area contributed by atoms with Gasteiger partial charge in [-0.25, -0.2) is 0 Å². The van der Waals surface area contributed by atoms with Gasteiger partial charge in [-0.2, -0.15) is 0 Å². The maximum absolute atomic E-state index is 12.5. The molecule has 1 N–H and O–H groups in total. The number of carbonyl (C=O) groups excluding carboxylic acids is 2. The van der Waals surface area contributed by atoms with Crippen molar-refractivity contribution in [3.05, 3.63) is 50.6 Å². The normalized spacial score (nSPS) is 14.4. The Balaban J connectivity index is 1.68. The van der Waals surface area contributed by atoms with E-state index in [0.29, 0.717) is 37.6 Å². The number of amides is 2. The molecule has 0 unspecified atom stereocenters. The first-order valence-corrected chi connectivity index (χ1v) is 8.84. The minimum absolute atomic E-state index is 0.0458. The molecule has 1 aliphatic rings. The average Bonchev–Trinajstić information content (AvgIpc) is 2.94. The van der Waals surface area contributed by atoms with Gasteiger partial charge in [0, 0.05) is 35.4 Å². The molecule has 2 aromatic rings. The number of hydrogen-bond acceptors (Lipinski definition) is 5. The minimum atomic E-state index is -0.306. The van der Waals surface area contributed by atoms with Crippen LogP contribution in [0.1, 0.15) is 16.1 Å². The summed E-state index contributed by atoms with van der Waals surface area (Å²) in [5.41, 5.74) is 1.80. The van der Waals surface area contributed by atoms with Crippen LogP contribution in [0.3, 0.4) is 0 Å². The molecular formula is C17H19N3O4S. The fourth-order valence-corrected chi connectivity index (χ4v) is 3.35. The van der Waals surface area contributed by atoms with Crippen LogP contribution in [0, 0.1) is 6.92 Å². The van der Waals surface area contributed by atoms with Crippen molar-refractivity contribution in [1.82, 2.24) is 9.47 Å². The van der Waals surface area contributed by atoms with Crippen LogP contribution in [0.2, 0.25) is 0 Å². The highest BCUT2D eigenvalue weighted by Gasteiger charge is 2.19. The monoisotopic (exact) mass is 361 g/mol. The molecule has 8 heteroatoms. The number of nitrogens with zero attached hydrogens (tertiary/aromatic N) is 2. The Morgan fingerprint density at radius 3 is 2.72 bits per heavy atom. The number of hydrogen-bond donors (Lipinski definition) is 1. The predicted molar refractivity (Wildman–Crippen MR) is 95.1 cm³/mol. The first kappa shape index (κ1) is 17.4. The number of anilines is 1. The third-order valence-electron chi connectivity index (χ3n) is 3.97. The molecule has 0 bridgehead atoms. The van der Waals surface area contributed by atoms with Gasteiger partial charge in [0.1, 0.15) is 6.54 Å². The summed E-state index contributed by atoms with van der Waals surface area (Å²) in [4.78, 5) is 37.9. The van der Waals surface area contributed by atoms with Gasteiger partial charge >= 0.3 is 4.87 Å². The van der Waals surface area contributed by atoms with Crippen LogP contribution in [-0.2, 0) is 16.1 Å². The van der Waals surface area contributed by atoms with E-state index in [2.05, 4.69) is 5.32 Å². The quantitative estimate of drug-likeness (QED) is 0.891. The molecule has 1 saturated heterocycles. The van der Waals surface area contributed by atoms with Crippen LogP contribution in [0.5, 0.6) is 0 Å². The van der Waals surface area contributed by atoms with Gasteiger partial charge in [-0.05, 0) is 25.1 Å². The molecule has 0 saturated carbocycles. The molecule has 7 nitrogen and oxygen atoms in total. The van der Waals surface area contributed by atoms with Crippen molar-refractivity contribution in [3.63, 3.8) is 0 Å². The maximum atomic E-state index is 12.5. The summed E-state index contributed by atoms with van der Waals surface area (Å²) in [6, 6.07) is 6.82. The number of morpholine rings is 1. The van der Waals surface area contributed by atoms with E-state index < -0.39 is 0 Å². The van der Waals surface area contributed by atoms with E-state index in [9.17, 15) is 14.4 Å². The van der Waals surface area contributed by atoms with E-state index in [0.717, 1.165) is 17.0 Å². The van der Waals surface area contributed by atoms with Gasteiger partial charge in [0.15, 0.2) is 0 Å². The van der Waals surface area contributed by atoms with E-state index in [1.165, 1.54) is 4.57 Å². The van der Waals surface area contributed by atoms with Crippen molar-refractivity contribution >= 4 is 28.8 Å². The van der Waals surface area contributed by atoms with Crippen molar-refractivity contribution in [2.75, 3.05) is 31.6 Å². The standard InChI is InChI=1S/C17H19N3O4S/c1-12-11-25-17(23)20(12)10-15(21)18-14-4-2-3-13(9-14)16(22)19-5-7-24-8-6-19/h2-4,9,11H,5-8,10H2,1H3,(H,18,21). The van der Waals surface area contributed by atoms with Gasteiger partial charge in [-0.3, -0.25) is 19.0 Å². The van der Waals surface area contributed by atoms with Crippen molar-refractivity contribution in [3.8, 4) is 0 Å². The SMILES string of the molecule is Cc1csc(=O)n1CC(=O)Nc1cccc(C(=O)N2CCOCC2)c1. The van der Waals surface area contributed by atoms with Gasteiger partial charge < -0.3 is 15.0 Å². The summed E-state index contributed by atoms with van der Waals surface area (Å²) in [7, 11) is 0. The Labute approximate surface area is 148 Å². The van der Waals surface area contributed by atoms with E-state index in [-0.39, 0.29) is 23.2 Å². The number of nitrogens with one attached hydrogen (secondary N) is 1. The van der Waals surface area contributed by atoms with E-state index in [1.54, 1.807) is 41.5 Å². The third kappa shape index (κ3) is 4.15. The second-order valence-corrected chi connectivity index (χ2v) is 6.58. The number of carbonyl (C=O) groups is 2. The fourth-order valence-electron chi connectivity index (χ4n) is 2.62. The van der Waals surface area contributed by atoms with Crippen LogP contribution in [-0.4, -0.2) is 47.6 Å². The first-order chi connectivity index (χ1) is 12.0. The zero-order valence-corrected chi connectivity index (χ0v) is 14.7. The van der Waals surface area contributed by atoms with Crippen molar-refractivity contribution in [1.29, 1.82) is 0 Å². The van der Waals surface area contributed by atoms with Crippen molar-refractivity contribution in [2.45, 2.75) is 13.5 Å². The van der Waals surface area contributed by atoms with Gasteiger partial charge in [0.25, 0.3) is 5.91 Å². The van der Waals surface area contributed by atoms with Crippen LogP contribution >= 0.6 is 11.3 Å². The summed E-state index contributed by atoms with van der Waals surface area (Å²) in [5.74, 6) is -0.385. The van der Waals surface area contributed by atoms with Crippen LogP contribution in [0.25, 0.3) is 0 Å². The highest BCUT2D eigenvalue weighted by atomic mass is 32.1. The Morgan fingerprint density at radius 2 is 2.04 bits per heavy atom. The largest absolute Gasteiger partial charge is 0.378 e. The highest BCUT2D eigenvalue weighted by molar-refractivity contribution is 7.07. The summed E-state index contributed by atoms with van der Waals surface area (Å²) in [6.07, 6.45) is 0. The molecule has 0 radical (unpaired) electrons. The lowest BCUT2D eigenvalue weighted by Gasteiger charge is -2.27. The highest BCUT2D eigenvalue weighted by Crippen LogP contribution is 2.14. The molecule has 132 valence electrons. The summed E-state index contributed by atoms with van der Waals surface area (Å²) < 4.78 is 6.67. The number of rotatable bonds is 4. The van der Waals surface area contributed by atoms with Crippen LogP contribution in [0.15, 0.2) is 34.4 Å². The number of aryl methyl sites for hydroxylation is 1. The van der Waals surface area contributed by atoms with Crippen molar-refractivity contribution in [2.24, 2.45) is 0 Å². The van der Waals surface area contributed by atoms with E-state index in [4.69, 9.17) is 4.74 Å². The van der Waals surface area contributed by atoms with E-state index in [1.807, 2.05) is 0 Å². The smallest absolute Gasteiger partial charge is 0.307 e. The number of aromatic nitrogens is 1. The molecule has 1 fully saturated rings. The fraction of sp³-hybridized carbons (Fsp3) is 0.353. The third-order valence-corrected chi connectivity index (χ3v) is 4.85. The van der Waals surface area contributed by atoms with Crippen LogP contribution < -0.4 is 10.2 Å². The molecule has 1 aromatic heterocycles. The van der Waals surface area contributed by atoms with Gasteiger partial charge in [-0.15, -0.1) is 0 Å². The van der Waals surface area contributed by atoms with Crippen LogP contribution in [0.4, 0.5) is 5.69 Å². The lowest BCUT2D eigenvalue weighted by molar-refractivity contribution is -0.116. The van der Waals surface area contributed by atoms with Gasteiger partial charge in [0.2, 0.25) is 5.91 Å². The Bertz CT molecular complexity index is 836. The van der Waals surface area contributed by atoms with Crippen molar-refractivity contribution < 1.29 is 14.3 Å².